The molecule has 1 atom stereocenters. The van der Waals surface area contributed by atoms with Gasteiger partial charge in [-0.1, -0.05) is 54.6 Å². The molecular formula is C26H29N3O5S. The van der Waals surface area contributed by atoms with Gasteiger partial charge in [0, 0.05) is 0 Å². The summed E-state index contributed by atoms with van der Waals surface area (Å²) in [6, 6.07) is 22.4. The summed E-state index contributed by atoms with van der Waals surface area (Å²) in [5, 5.41) is 5.61. The van der Waals surface area contributed by atoms with E-state index in [1.54, 1.807) is 55.5 Å². The van der Waals surface area contributed by atoms with Crippen molar-refractivity contribution < 1.29 is 22.7 Å². The maximum Gasteiger partial charge on any atom is 0.253 e. The number of hydrogen-bond acceptors (Lipinski definition) is 5. The molecule has 3 aromatic rings. The summed E-state index contributed by atoms with van der Waals surface area (Å²) in [6.07, 6.45) is 1.02. The Kier molecular flexibility index (Phi) is 8.48. The van der Waals surface area contributed by atoms with E-state index in [9.17, 15) is 18.0 Å². The molecular weight excluding hydrogens is 466 g/mol. The molecule has 0 aliphatic rings. The number of nitrogens with zero attached hydrogens (tertiary/aromatic N) is 1. The summed E-state index contributed by atoms with van der Waals surface area (Å²) >= 11 is 0. The van der Waals surface area contributed by atoms with Gasteiger partial charge in [-0.25, -0.2) is 8.42 Å². The maximum atomic E-state index is 13.0. The van der Waals surface area contributed by atoms with Crippen LogP contribution in [0.1, 0.15) is 35.8 Å². The third-order valence-electron chi connectivity index (χ3n) is 5.21. The molecule has 3 rings (SSSR count). The number of rotatable bonds is 10. The first kappa shape index (κ1) is 25.8. The van der Waals surface area contributed by atoms with Crippen LogP contribution in [0.25, 0.3) is 0 Å². The zero-order chi connectivity index (χ0) is 25.4. The van der Waals surface area contributed by atoms with Gasteiger partial charge in [0.05, 0.1) is 35.8 Å². The van der Waals surface area contributed by atoms with Crippen molar-refractivity contribution in [2.75, 3.05) is 29.0 Å². The monoisotopic (exact) mass is 495 g/mol. The van der Waals surface area contributed by atoms with E-state index in [1.807, 2.05) is 37.3 Å². The van der Waals surface area contributed by atoms with Crippen LogP contribution in [0.15, 0.2) is 78.9 Å². The minimum atomic E-state index is -3.81. The average molecular weight is 496 g/mol. The summed E-state index contributed by atoms with van der Waals surface area (Å²) in [7, 11) is -3.81. The Labute approximate surface area is 206 Å². The SMILES string of the molecule is CCOc1ccccc1N(CC(=O)Nc1ccccc1C(=O)N[C@@H](C)c1ccccc1)S(C)(=O)=O. The van der Waals surface area contributed by atoms with E-state index < -0.39 is 22.5 Å². The van der Waals surface area contributed by atoms with E-state index in [1.165, 1.54) is 0 Å². The van der Waals surface area contributed by atoms with Crippen LogP contribution in [0, 0.1) is 0 Å². The van der Waals surface area contributed by atoms with Crippen LogP contribution in [0.4, 0.5) is 11.4 Å². The predicted octanol–water partition coefficient (Wildman–Crippen LogP) is 3.98. The highest BCUT2D eigenvalue weighted by Gasteiger charge is 2.25. The number of hydrogen-bond donors (Lipinski definition) is 2. The standard InChI is InChI=1S/C26H29N3O5S/c1-4-34-24-17-11-10-16-23(24)29(35(3,32)33)18-25(30)28-22-15-9-8-14-21(22)26(31)27-19(2)20-12-6-5-7-13-20/h5-17,19H,4,18H2,1-3H3,(H,27,31)(H,28,30)/t19-/m0/s1. The molecule has 3 aromatic carbocycles. The maximum absolute atomic E-state index is 13.0. The fraction of sp³-hybridized carbons (Fsp3) is 0.231. The van der Waals surface area contributed by atoms with Crippen LogP contribution < -0.4 is 19.7 Å². The van der Waals surface area contributed by atoms with Crippen molar-refractivity contribution in [1.29, 1.82) is 0 Å². The normalized spacial score (nSPS) is 11.9. The molecule has 2 amide bonds. The fourth-order valence-electron chi connectivity index (χ4n) is 3.53. The Balaban J connectivity index is 1.79. The van der Waals surface area contributed by atoms with Crippen molar-refractivity contribution in [1.82, 2.24) is 5.32 Å². The number of para-hydroxylation sites is 3. The molecule has 0 aliphatic heterocycles. The van der Waals surface area contributed by atoms with E-state index in [-0.39, 0.29) is 28.9 Å². The van der Waals surface area contributed by atoms with Gasteiger partial charge in [-0.2, -0.15) is 0 Å². The molecule has 8 nitrogen and oxygen atoms in total. The Morgan fingerprint density at radius 3 is 2.26 bits per heavy atom. The molecule has 2 N–H and O–H groups in total. The minimum Gasteiger partial charge on any atom is -0.492 e. The topological polar surface area (TPSA) is 105 Å². The van der Waals surface area contributed by atoms with Gasteiger partial charge >= 0.3 is 0 Å². The van der Waals surface area contributed by atoms with Gasteiger partial charge in [0.15, 0.2) is 0 Å². The molecule has 0 radical (unpaired) electrons. The summed E-state index contributed by atoms with van der Waals surface area (Å²) < 4.78 is 31.6. The second-order valence-corrected chi connectivity index (χ2v) is 9.78. The lowest BCUT2D eigenvalue weighted by molar-refractivity contribution is -0.114. The summed E-state index contributed by atoms with van der Waals surface area (Å²) in [5.74, 6) is -0.611. The molecule has 0 fully saturated rings. The Bertz CT molecular complexity index is 1280. The molecule has 35 heavy (non-hydrogen) atoms. The number of carbonyl (C=O) groups is 2. The van der Waals surface area contributed by atoms with E-state index in [0.29, 0.717) is 12.4 Å². The molecule has 0 aliphatic carbocycles. The zero-order valence-electron chi connectivity index (χ0n) is 19.9. The Morgan fingerprint density at radius 2 is 1.57 bits per heavy atom. The zero-order valence-corrected chi connectivity index (χ0v) is 20.7. The van der Waals surface area contributed by atoms with Crippen LogP contribution >= 0.6 is 0 Å². The van der Waals surface area contributed by atoms with Gasteiger partial charge < -0.3 is 15.4 Å². The lowest BCUT2D eigenvalue weighted by Crippen LogP contribution is -2.38. The van der Waals surface area contributed by atoms with Crippen LogP contribution in [-0.4, -0.2) is 39.6 Å². The number of nitrogens with one attached hydrogen (secondary N) is 2. The second-order valence-electron chi connectivity index (χ2n) is 7.87. The van der Waals surface area contributed by atoms with Crippen LogP contribution in [-0.2, 0) is 14.8 Å². The molecule has 0 heterocycles. The van der Waals surface area contributed by atoms with Gasteiger partial charge in [0.1, 0.15) is 12.3 Å². The van der Waals surface area contributed by atoms with Crippen molar-refractivity contribution in [3.8, 4) is 5.75 Å². The quantitative estimate of drug-likeness (QED) is 0.443. The number of amides is 2. The molecule has 0 aromatic heterocycles. The fourth-order valence-corrected chi connectivity index (χ4v) is 4.39. The van der Waals surface area contributed by atoms with Gasteiger partial charge in [0.2, 0.25) is 15.9 Å². The summed E-state index contributed by atoms with van der Waals surface area (Å²) in [5.41, 5.74) is 1.75. The first-order chi connectivity index (χ1) is 16.7. The van der Waals surface area contributed by atoms with Crippen LogP contribution in [0.3, 0.4) is 0 Å². The van der Waals surface area contributed by atoms with Gasteiger partial charge in [0.25, 0.3) is 5.91 Å². The highest BCUT2D eigenvalue weighted by molar-refractivity contribution is 7.92. The van der Waals surface area contributed by atoms with Crippen molar-refractivity contribution in [3.05, 3.63) is 90.0 Å². The highest BCUT2D eigenvalue weighted by atomic mass is 32.2. The highest BCUT2D eigenvalue weighted by Crippen LogP contribution is 2.30. The minimum absolute atomic E-state index is 0.247. The van der Waals surface area contributed by atoms with E-state index in [4.69, 9.17) is 4.74 Å². The van der Waals surface area contributed by atoms with E-state index in [2.05, 4.69) is 10.6 Å². The Hall–Kier alpha value is -3.85. The van der Waals surface area contributed by atoms with Crippen LogP contribution in [0.5, 0.6) is 5.75 Å². The number of sulfonamides is 1. The van der Waals surface area contributed by atoms with E-state index in [0.717, 1.165) is 16.1 Å². The second kappa shape index (κ2) is 11.5. The molecule has 0 unspecified atom stereocenters. The van der Waals surface area contributed by atoms with Gasteiger partial charge in [-0.3, -0.25) is 13.9 Å². The summed E-state index contributed by atoms with van der Waals surface area (Å²) in [4.78, 5) is 25.9. The largest absolute Gasteiger partial charge is 0.492 e. The molecule has 0 saturated carbocycles. The lowest BCUT2D eigenvalue weighted by atomic mass is 10.1. The van der Waals surface area contributed by atoms with E-state index >= 15 is 0 Å². The lowest BCUT2D eigenvalue weighted by Gasteiger charge is -2.24. The third kappa shape index (κ3) is 6.83. The molecule has 184 valence electrons. The van der Waals surface area contributed by atoms with Crippen molar-refractivity contribution in [2.24, 2.45) is 0 Å². The van der Waals surface area contributed by atoms with Gasteiger partial charge in [-0.05, 0) is 43.7 Å². The van der Waals surface area contributed by atoms with Crippen molar-refractivity contribution in [3.63, 3.8) is 0 Å². The number of ether oxygens (including phenoxy) is 1. The molecule has 0 bridgehead atoms. The van der Waals surface area contributed by atoms with Crippen molar-refractivity contribution in [2.45, 2.75) is 19.9 Å². The molecule has 9 heteroatoms. The smallest absolute Gasteiger partial charge is 0.253 e. The first-order valence-corrected chi connectivity index (χ1v) is 13.0. The Morgan fingerprint density at radius 1 is 0.943 bits per heavy atom. The van der Waals surface area contributed by atoms with Gasteiger partial charge in [-0.15, -0.1) is 0 Å². The number of carbonyl (C=O) groups excluding carboxylic acids is 2. The number of benzene rings is 3. The average Bonchev–Trinajstić information content (AvgIpc) is 2.83. The number of anilines is 2. The first-order valence-electron chi connectivity index (χ1n) is 11.1. The molecule has 0 saturated heterocycles. The third-order valence-corrected chi connectivity index (χ3v) is 6.34. The van der Waals surface area contributed by atoms with Crippen molar-refractivity contribution >= 4 is 33.2 Å². The molecule has 0 spiro atoms. The predicted molar refractivity (Wildman–Crippen MR) is 137 cm³/mol. The van der Waals surface area contributed by atoms with Crippen LogP contribution in [0.2, 0.25) is 0 Å². The summed E-state index contributed by atoms with van der Waals surface area (Å²) in [6.45, 7) is 3.51.